The highest BCUT2D eigenvalue weighted by Crippen LogP contribution is 2.53. The fourth-order valence-corrected chi connectivity index (χ4v) is 3.00. The number of aliphatic hydroxyl groups is 1. The van der Waals surface area contributed by atoms with E-state index < -0.39 is 0 Å². The van der Waals surface area contributed by atoms with Crippen LogP contribution >= 0.6 is 22.9 Å². The topological polar surface area (TPSA) is 20.2 Å². The van der Waals surface area contributed by atoms with Gasteiger partial charge in [-0.15, -0.1) is 11.3 Å². The fraction of sp³-hybridized carbons (Fsp3) is 0.556. The van der Waals surface area contributed by atoms with E-state index in [1.807, 2.05) is 18.4 Å². The van der Waals surface area contributed by atoms with Gasteiger partial charge in [-0.3, -0.25) is 0 Å². The Labute approximate surface area is 81.0 Å². The molecule has 0 spiro atoms. The zero-order valence-electron chi connectivity index (χ0n) is 6.88. The van der Waals surface area contributed by atoms with Crippen molar-refractivity contribution in [3.8, 4) is 0 Å². The van der Waals surface area contributed by atoms with Gasteiger partial charge in [0.1, 0.15) is 0 Å². The van der Waals surface area contributed by atoms with Crippen molar-refractivity contribution in [1.29, 1.82) is 0 Å². The molecule has 1 nitrogen and oxygen atoms in total. The summed E-state index contributed by atoms with van der Waals surface area (Å²) in [5.74, 6) is 0. The van der Waals surface area contributed by atoms with Crippen molar-refractivity contribution in [3.63, 3.8) is 0 Å². The Morgan fingerprint density at radius 1 is 1.67 bits per heavy atom. The van der Waals surface area contributed by atoms with E-state index in [1.165, 1.54) is 4.88 Å². The molecule has 1 aromatic heterocycles. The molecule has 0 bridgehead atoms. The molecule has 1 heterocycles. The van der Waals surface area contributed by atoms with Crippen molar-refractivity contribution in [2.75, 3.05) is 0 Å². The van der Waals surface area contributed by atoms with Crippen molar-refractivity contribution >= 4 is 22.9 Å². The van der Waals surface area contributed by atoms with Crippen LogP contribution < -0.4 is 0 Å². The van der Waals surface area contributed by atoms with E-state index in [0.29, 0.717) is 0 Å². The molecular formula is C9H11ClOS. The van der Waals surface area contributed by atoms with E-state index in [4.69, 9.17) is 11.6 Å². The van der Waals surface area contributed by atoms with Crippen molar-refractivity contribution in [2.24, 2.45) is 0 Å². The zero-order chi connectivity index (χ0) is 8.77. The van der Waals surface area contributed by atoms with Crippen LogP contribution in [0.3, 0.4) is 0 Å². The largest absolute Gasteiger partial charge is 0.392 e. The van der Waals surface area contributed by atoms with E-state index in [2.05, 4.69) is 0 Å². The van der Waals surface area contributed by atoms with Crippen molar-refractivity contribution in [2.45, 2.75) is 31.3 Å². The van der Waals surface area contributed by atoms with Crippen molar-refractivity contribution in [3.05, 3.63) is 21.3 Å². The second-order valence-electron chi connectivity index (χ2n) is 3.46. The Morgan fingerprint density at radius 2 is 2.33 bits per heavy atom. The monoisotopic (exact) mass is 202 g/mol. The molecule has 0 aliphatic heterocycles. The summed E-state index contributed by atoms with van der Waals surface area (Å²) in [6, 6.07) is 1.98. The first-order valence-electron chi connectivity index (χ1n) is 4.08. The highest BCUT2D eigenvalue weighted by atomic mass is 35.5. The highest BCUT2D eigenvalue weighted by Gasteiger charge is 2.49. The highest BCUT2D eigenvalue weighted by molar-refractivity contribution is 7.10. The first kappa shape index (κ1) is 8.54. The van der Waals surface area contributed by atoms with Gasteiger partial charge >= 0.3 is 0 Å². The number of hydrogen-bond donors (Lipinski definition) is 1. The predicted octanol–water partition coefficient (Wildman–Crippen LogP) is 2.81. The minimum Gasteiger partial charge on any atom is -0.392 e. The summed E-state index contributed by atoms with van der Waals surface area (Å²) < 4.78 is 0. The molecule has 3 heteroatoms. The van der Waals surface area contributed by atoms with Gasteiger partial charge in [-0.2, -0.15) is 0 Å². The zero-order valence-corrected chi connectivity index (χ0v) is 8.45. The molecular weight excluding hydrogens is 192 g/mol. The van der Waals surface area contributed by atoms with E-state index >= 15 is 0 Å². The molecule has 0 radical (unpaired) electrons. The van der Waals surface area contributed by atoms with Gasteiger partial charge in [0.05, 0.1) is 11.1 Å². The lowest BCUT2D eigenvalue weighted by molar-refractivity contribution is 0.152. The minimum absolute atomic E-state index is 0.0534. The van der Waals surface area contributed by atoms with Crippen LogP contribution in [0.25, 0.3) is 0 Å². The van der Waals surface area contributed by atoms with Crippen LogP contribution in [-0.2, 0) is 5.41 Å². The predicted molar refractivity (Wildman–Crippen MR) is 51.9 cm³/mol. The summed E-state index contributed by atoms with van der Waals surface area (Å²) in [4.78, 5) is 1.24. The maximum Gasteiger partial charge on any atom is 0.0616 e. The van der Waals surface area contributed by atoms with Crippen molar-refractivity contribution in [1.82, 2.24) is 0 Å². The summed E-state index contributed by atoms with van der Waals surface area (Å²) in [7, 11) is 0. The van der Waals surface area contributed by atoms with E-state index in [9.17, 15) is 5.11 Å². The van der Waals surface area contributed by atoms with Gasteiger partial charge in [-0.25, -0.2) is 0 Å². The van der Waals surface area contributed by atoms with Gasteiger partial charge in [-0.1, -0.05) is 11.6 Å². The quantitative estimate of drug-likeness (QED) is 0.782. The lowest BCUT2D eigenvalue weighted by Crippen LogP contribution is -2.21. The number of rotatable bonds is 2. The maximum absolute atomic E-state index is 9.57. The molecule has 0 aromatic carbocycles. The average molecular weight is 203 g/mol. The summed E-state index contributed by atoms with van der Waals surface area (Å²) in [6.07, 6.45) is 1.95. The maximum atomic E-state index is 9.57. The molecule has 0 amide bonds. The van der Waals surface area contributed by atoms with Gasteiger partial charge in [0, 0.05) is 15.7 Å². The van der Waals surface area contributed by atoms with Gasteiger partial charge in [0.15, 0.2) is 0 Å². The Morgan fingerprint density at radius 3 is 2.67 bits per heavy atom. The lowest BCUT2D eigenvalue weighted by atomic mass is 9.99. The first-order valence-corrected chi connectivity index (χ1v) is 5.33. The summed E-state index contributed by atoms with van der Waals surface area (Å²) in [6.45, 7) is 1.86. The van der Waals surface area contributed by atoms with Gasteiger partial charge < -0.3 is 5.11 Å². The molecule has 12 heavy (non-hydrogen) atoms. The Kier molecular flexibility index (Phi) is 1.94. The van der Waals surface area contributed by atoms with Crippen LogP contribution in [0.1, 0.15) is 24.6 Å². The van der Waals surface area contributed by atoms with E-state index in [1.54, 1.807) is 11.3 Å². The molecule has 1 saturated carbocycles. The number of hydrogen-bond acceptors (Lipinski definition) is 2. The smallest absolute Gasteiger partial charge is 0.0616 e. The Balaban J connectivity index is 2.30. The molecule has 1 unspecified atom stereocenters. The third kappa shape index (κ3) is 1.18. The lowest BCUT2D eigenvalue weighted by Gasteiger charge is -2.15. The van der Waals surface area contributed by atoms with Crippen LogP contribution in [-0.4, -0.2) is 11.2 Å². The Hall–Kier alpha value is -0.0500. The fourth-order valence-electron chi connectivity index (χ4n) is 1.58. The van der Waals surface area contributed by atoms with Crippen LogP contribution in [0.15, 0.2) is 11.4 Å². The molecule has 2 rings (SSSR count). The molecule has 1 aliphatic rings. The Bertz CT molecular complexity index is 288. The second kappa shape index (κ2) is 2.72. The molecule has 1 fully saturated rings. The summed E-state index contributed by atoms with van der Waals surface area (Å²) >= 11 is 7.48. The third-order valence-electron chi connectivity index (χ3n) is 2.65. The normalized spacial score (nSPS) is 22.2. The second-order valence-corrected chi connectivity index (χ2v) is 4.81. The van der Waals surface area contributed by atoms with Crippen LogP contribution in [0, 0.1) is 0 Å². The SMILES string of the molecule is CC(O)C1(c2cc(Cl)cs2)CC1. The summed E-state index contributed by atoms with van der Waals surface area (Å²) in [5, 5.41) is 12.3. The van der Waals surface area contributed by atoms with Gasteiger partial charge in [0.25, 0.3) is 0 Å². The molecule has 1 aliphatic carbocycles. The van der Waals surface area contributed by atoms with Crippen LogP contribution in [0.2, 0.25) is 5.02 Å². The van der Waals surface area contributed by atoms with Crippen LogP contribution in [0.5, 0.6) is 0 Å². The van der Waals surface area contributed by atoms with Gasteiger partial charge in [0.2, 0.25) is 0 Å². The molecule has 1 atom stereocenters. The molecule has 1 N–H and O–H groups in total. The van der Waals surface area contributed by atoms with Crippen LogP contribution in [0.4, 0.5) is 0 Å². The summed E-state index contributed by atoms with van der Waals surface area (Å²) in [5.41, 5.74) is 0.0534. The number of halogens is 1. The molecule has 0 saturated heterocycles. The standard InChI is InChI=1S/C9H11ClOS/c1-6(11)9(2-3-9)8-4-7(10)5-12-8/h4-6,11H,2-3H2,1H3. The molecule has 1 aromatic rings. The third-order valence-corrected chi connectivity index (χ3v) is 4.14. The first-order chi connectivity index (χ1) is 5.65. The van der Waals surface area contributed by atoms with E-state index in [-0.39, 0.29) is 11.5 Å². The average Bonchev–Trinajstić information content (AvgIpc) is 2.71. The minimum atomic E-state index is -0.243. The van der Waals surface area contributed by atoms with Gasteiger partial charge in [-0.05, 0) is 25.8 Å². The number of thiophene rings is 1. The molecule has 66 valence electrons. The van der Waals surface area contributed by atoms with Crippen molar-refractivity contribution < 1.29 is 5.11 Å². The van der Waals surface area contributed by atoms with E-state index in [0.717, 1.165) is 17.9 Å². The number of aliphatic hydroxyl groups excluding tert-OH is 1.